The zero-order valence-electron chi connectivity index (χ0n) is 20.3. The molecule has 0 rings (SSSR count). The highest BCUT2D eigenvalue weighted by atomic mass is 16.5. The molecule has 0 amide bonds. The molecule has 0 aromatic heterocycles. The molecular weight excluding hydrogens is 362 g/mol. The zero-order chi connectivity index (χ0) is 22.1. The summed E-state index contributed by atoms with van der Waals surface area (Å²) < 4.78 is 5.00. The van der Waals surface area contributed by atoms with E-state index in [1.807, 2.05) is 6.92 Å². The smallest absolute Gasteiger partial charge is 0.305 e. The number of nitrogens with zero attached hydrogens (tertiary/aromatic N) is 3. The number of esters is 1. The van der Waals surface area contributed by atoms with Crippen molar-refractivity contribution in [1.29, 1.82) is 0 Å². The van der Waals surface area contributed by atoms with E-state index in [1.165, 1.54) is 11.4 Å². The van der Waals surface area contributed by atoms with Crippen LogP contribution in [0.3, 0.4) is 0 Å². The number of ether oxygens (including phenoxy) is 1. The summed E-state index contributed by atoms with van der Waals surface area (Å²) in [5.74, 6) is 1.24. The number of carbonyl (C=O) groups excluding carboxylic acids is 1. The van der Waals surface area contributed by atoms with Crippen LogP contribution in [-0.2, 0) is 9.53 Å². The standard InChI is InChI=1S/C24H47N3O2/c1-8-29-24(28)12-10-9-11-15-27(16-13-25-22(6)18-20(2)3)17-14-26-23(7)19-21(4)5/h20-21H,8-19H2,1-7H3. The maximum atomic E-state index is 11.4. The Kier molecular flexibility index (Phi) is 16.9. The van der Waals surface area contributed by atoms with E-state index in [-0.39, 0.29) is 5.97 Å². The monoisotopic (exact) mass is 409 g/mol. The van der Waals surface area contributed by atoms with Gasteiger partial charge in [0.15, 0.2) is 0 Å². The summed E-state index contributed by atoms with van der Waals surface area (Å²) in [5.41, 5.74) is 2.50. The number of aliphatic imine (C=N–C) groups is 2. The van der Waals surface area contributed by atoms with Gasteiger partial charge in [0, 0.05) is 30.9 Å². The summed E-state index contributed by atoms with van der Waals surface area (Å²) in [5, 5.41) is 0. The van der Waals surface area contributed by atoms with E-state index >= 15 is 0 Å². The number of unbranched alkanes of at least 4 members (excludes halogenated alkanes) is 2. The van der Waals surface area contributed by atoms with Crippen molar-refractivity contribution >= 4 is 17.4 Å². The number of carbonyl (C=O) groups is 1. The third kappa shape index (κ3) is 18.5. The summed E-state index contributed by atoms with van der Waals surface area (Å²) in [7, 11) is 0. The molecule has 0 atom stereocenters. The molecule has 0 radical (unpaired) electrons. The lowest BCUT2D eigenvalue weighted by molar-refractivity contribution is -0.143. The Morgan fingerprint density at radius 1 is 0.828 bits per heavy atom. The normalized spacial score (nSPS) is 13.0. The maximum absolute atomic E-state index is 11.4. The van der Waals surface area contributed by atoms with Gasteiger partial charge in [-0.2, -0.15) is 0 Å². The third-order valence-electron chi connectivity index (χ3n) is 4.66. The highest BCUT2D eigenvalue weighted by molar-refractivity contribution is 5.82. The Bertz CT molecular complexity index is 455. The van der Waals surface area contributed by atoms with Crippen molar-refractivity contribution in [2.24, 2.45) is 21.8 Å². The first-order valence-corrected chi connectivity index (χ1v) is 11.6. The summed E-state index contributed by atoms with van der Waals surface area (Å²) in [4.78, 5) is 23.4. The zero-order valence-corrected chi connectivity index (χ0v) is 20.3. The molecule has 0 unspecified atom stereocenters. The summed E-state index contributed by atoms with van der Waals surface area (Å²) in [6, 6.07) is 0. The molecule has 0 N–H and O–H groups in total. The van der Waals surface area contributed by atoms with Crippen LogP contribution in [0.2, 0.25) is 0 Å². The molecule has 5 nitrogen and oxygen atoms in total. The molecule has 29 heavy (non-hydrogen) atoms. The van der Waals surface area contributed by atoms with Gasteiger partial charge in [0.2, 0.25) is 0 Å². The van der Waals surface area contributed by atoms with Crippen molar-refractivity contribution in [3.8, 4) is 0 Å². The Hall–Kier alpha value is -1.23. The lowest BCUT2D eigenvalue weighted by Gasteiger charge is -2.21. The predicted octanol–water partition coefficient (Wildman–Crippen LogP) is 5.43. The lowest BCUT2D eigenvalue weighted by atomic mass is 10.1. The van der Waals surface area contributed by atoms with Gasteiger partial charge in [-0.25, -0.2) is 0 Å². The van der Waals surface area contributed by atoms with Gasteiger partial charge >= 0.3 is 5.97 Å². The van der Waals surface area contributed by atoms with Crippen molar-refractivity contribution in [3.05, 3.63) is 0 Å². The molecule has 0 saturated carbocycles. The number of hydrogen-bond acceptors (Lipinski definition) is 5. The second kappa shape index (κ2) is 17.6. The van der Waals surface area contributed by atoms with Crippen molar-refractivity contribution in [2.45, 2.75) is 87.0 Å². The first-order valence-electron chi connectivity index (χ1n) is 11.6. The Labute approximate surface area is 180 Å². The van der Waals surface area contributed by atoms with Gasteiger partial charge in [-0.15, -0.1) is 0 Å². The third-order valence-corrected chi connectivity index (χ3v) is 4.66. The van der Waals surface area contributed by atoms with E-state index in [0.29, 0.717) is 24.9 Å². The van der Waals surface area contributed by atoms with Crippen molar-refractivity contribution in [1.82, 2.24) is 4.90 Å². The van der Waals surface area contributed by atoms with Crippen molar-refractivity contribution in [2.75, 3.05) is 39.3 Å². The fraction of sp³-hybridized carbons (Fsp3) is 0.875. The average Bonchev–Trinajstić information content (AvgIpc) is 2.59. The van der Waals surface area contributed by atoms with Crippen LogP contribution in [0.5, 0.6) is 0 Å². The molecule has 0 saturated heterocycles. The largest absolute Gasteiger partial charge is 0.466 e. The summed E-state index contributed by atoms with van der Waals surface area (Å²) >= 11 is 0. The van der Waals surface area contributed by atoms with E-state index in [9.17, 15) is 4.79 Å². The van der Waals surface area contributed by atoms with E-state index in [0.717, 1.165) is 64.8 Å². The molecule has 0 aliphatic rings. The maximum Gasteiger partial charge on any atom is 0.305 e. The topological polar surface area (TPSA) is 54.3 Å². The lowest BCUT2D eigenvalue weighted by Crippen LogP contribution is -2.30. The van der Waals surface area contributed by atoms with Gasteiger partial charge in [0.1, 0.15) is 0 Å². The Balaban J connectivity index is 4.41. The SMILES string of the molecule is CCOC(=O)CCCCCN(CCN=C(C)CC(C)C)CCN=C(C)CC(C)C. The molecule has 0 aromatic rings. The van der Waals surface area contributed by atoms with E-state index < -0.39 is 0 Å². The average molecular weight is 410 g/mol. The second-order valence-corrected chi connectivity index (χ2v) is 8.89. The summed E-state index contributed by atoms with van der Waals surface area (Å²) in [6.07, 6.45) is 5.75. The fourth-order valence-corrected chi connectivity index (χ4v) is 3.43. The van der Waals surface area contributed by atoms with Crippen molar-refractivity contribution in [3.63, 3.8) is 0 Å². The van der Waals surface area contributed by atoms with Gasteiger partial charge in [0.25, 0.3) is 0 Å². The minimum absolute atomic E-state index is 0.0747. The molecule has 0 spiro atoms. The van der Waals surface area contributed by atoms with Crippen molar-refractivity contribution < 1.29 is 9.53 Å². The van der Waals surface area contributed by atoms with Gasteiger partial charge in [-0.05, 0) is 64.8 Å². The molecule has 170 valence electrons. The van der Waals surface area contributed by atoms with Gasteiger partial charge in [-0.1, -0.05) is 34.1 Å². The van der Waals surface area contributed by atoms with Crippen LogP contribution in [0.1, 0.15) is 87.0 Å². The van der Waals surface area contributed by atoms with Crippen LogP contribution < -0.4 is 0 Å². The molecule has 0 heterocycles. The van der Waals surface area contributed by atoms with Gasteiger partial charge in [0.05, 0.1) is 19.7 Å². The van der Waals surface area contributed by atoms with E-state index in [4.69, 9.17) is 14.7 Å². The first-order chi connectivity index (χ1) is 13.7. The molecule has 0 aliphatic heterocycles. The number of rotatable bonds is 17. The van der Waals surface area contributed by atoms with Crippen LogP contribution in [-0.4, -0.2) is 61.6 Å². The predicted molar refractivity (Wildman–Crippen MR) is 126 cm³/mol. The Morgan fingerprint density at radius 2 is 1.34 bits per heavy atom. The van der Waals surface area contributed by atoms with E-state index in [1.54, 1.807) is 0 Å². The molecule has 0 bridgehead atoms. The quantitative estimate of drug-likeness (QED) is 0.183. The number of hydrogen-bond donors (Lipinski definition) is 0. The molecule has 5 heteroatoms. The highest BCUT2D eigenvalue weighted by Gasteiger charge is 2.06. The van der Waals surface area contributed by atoms with E-state index in [2.05, 4.69) is 46.4 Å². The molecule has 0 aliphatic carbocycles. The van der Waals surface area contributed by atoms with Crippen LogP contribution in [0.25, 0.3) is 0 Å². The van der Waals surface area contributed by atoms with Crippen LogP contribution in [0.15, 0.2) is 9.98 Å². The van der Waals surface area contributed by atoms with Gasteiger partial charge in [-0.3, -0.25) is 19.7 Å². The second-order valence-electron chi connectivity index (χ2n) is 8.89. The van der Waals surface area contributed by atoms with Crippen LogP contribution in [0.4, 0.5) is 0 Å². The Morgan fingerprint density at radius 3 is 1.79 bits per heavy atom. The first kappa shape index (κ1) is 27.8. The summed E-state index contributed by atoms with van der Waals surface area (Å²) in [6.45, 7) is 20.3. The van der Waals surface area contributed by atoms with Crippen LogP contribution in [0, 0.1) is 11.8 Å². The highest BCUT2D eigenvalue weighted by Crippen LogP contribution is 2.05. The molecule has 0 fully saturated rings. The minimum Gasteiger partial charge on any atom is -0.466 e. The van der Waals surface area contributed by atoms with Crippen LogP contribution >= 0.6 is 0 Å². The fourth-order valence-electron chi connectivity index (χ4n) is 3.43. The minimum atomic E-state index is -0.0747. The van der Waals surface area contributed by atoms with Gasteiger partial charge < -0.3 is 4.74 Å². The molecule has 0 aromatic carbocycles. The molecular formula is C24H47N3O2.